The summed E-state index contributed by atoms with van der Waals surface area (Å²) in [5, 5.41) is 13.2. The topological polar surface area (TPSA) is 95.7 Å². The fraction of sp³-hybridized carbons (Fsp3) is 0.333. The van der Waals surface area contributed by atoms with Gasteiger partial charge in [-0.15, -0.1) is 0 Å². The van der Waals surface area contributed by atoms with E-state index < -0.39 is 18.0 Å². The van der Waals surface area contributed by atoms with Gasteiger partial charge in [0.05, 0.1) is 12.1 Å². The van der Waals surface area contributed by atoms with E-state index >= 15 is 0 Å². The van der Waals surface area contributed by atoms with Gasteiger partial charge in [0.15, 0.2) is 0 Å². The van der Waals surface area contributed by atoms with E-state index in [9.17, 15) is 14.7 Å². The van der Waals surface area contributed by atoms with Crippen molar-refractivity contribution < 1.29 is 14.7 Å². The van der Waals surface area contributed by atoms with Crippen LogP contribution in [0.1, 0.15) is 30.4 Å². The summed E-state index contributed by atoms with van der Waals surface area (Å²) < 4.78 is 0. The number of primary amides is 1. The molecule has 1 aliphatic rings. The van der Waals surface area contributed by atoms with Crippen LogP contribution in [-0.2, 0) is 16.1 Å². The van der Waals surface area contributed by atoms with Gasteiger partial charge >= 0.3 is 0 Å². The van der Waals surface area contributed by atoms with Gasteiger partial charge in [-0.05, 0) is 43.0 Å². The molecule has 148 valence electrons. The summed E-state index contributed by atoms with van der Waals surface area (Å²) in [5.74, 6) is -0.450. The van der Waals surface area contributed by atoms with E-state index in [2.05, 4.69) is 5.32 Å². The number of halogens is 1. The SMILES string of the molecule is C[C@@H](C(=O)NCc1cc(Cl)ccc1O)N1CC(c2ccccc2)CC1C(N)=O. The Balaban J connectivity index is 1.68. The molecule has 2 amide bonds. The van der Waals surface area contributed by atoms with Crippen LogP contribution in [0.4, 0.5) is 0 Å². The zero-order chi connectivity index (χ0) is 20.3. The maximum atomic E-state index is 12.7. The van der Waals surface area contributed by atoms with Gasteiger partial charge in [-0.1, -0.05) is 41.9 Å². The van der Waals surface area contributed by atoms with Crippen LogP contribution in [0, 0.1) is 0 Å². The molecule has 1 saturated heterocycles. The summed E-state index contributed by atoms with van der Waals surface area (Å²) in [4.78, 5) is 26.5. The van der Waals surface area contributed by atoms with Gasteiger partial charge in [-0.25, -0.2) is 0 Å². The van der Waals surface area contributed by atoms with Gasteiger partial charge in [0.2, 0.25) is 11.8 Å². The van der Waals surface area contributed by atoms with E-state index in [1.165, 1.54) is 6.07 Å². The second-order valence-corrected chi connectivity index (χ2v) is 7.56. The molecule has 1 fully saturated rings. The molecule has 0 bridgehead atoms. The summed E-state index contributed by atoms with van der Waals surface area (Å²) in [6, 6.07) is 13.6. The van der Waals surface area contributed by atoms with Crippen molar-refractivity contribution in [2.24, 2.45) is 5.73 Å². The standard InChI is InChI=1S/C21H24ClN3O3/c1-13(21(28)24-11-15-9-17(22)7-8-19(15)26)25-12-16(10-18(25)20(23)27)14-5-3-2-4-6-14/h2-9,13,16,18,26H,10-12H2,1H3,(H2,23,27)(H,24,28)/t13-,16?,18?/m0/s1. The van der Waals surface area contributed by atoms with Gasteiger partial charge in [0, 0.05) is 23.7 Å². The molecular weight excluding hydrogens is 378 g/mol. The van der Waals surface area contributed by atoms with Crippen molar-refractivity contribution in [1.82, 2.24) is 10.2 Å². The van der Waals surface area contributed by atoms with Crippen LogP contribution in [0.3, 0.4) is 0 Å². The van der Waals surface area contributed by atoms with E-state index in [1.807, 2.05) is 35.2 Å². The van der Waals surface area contributed by atoms with E-state index in [0.717, 1.165) is 5.56 Å². The first-order valence-corrected chi connectivity index (χ1v) is 9.59. The van der Waals surface area contributed by atoms with Crippen LogP contribution in [0.2, 0.25) is 5.02 Å². The molecule has 2 aromatic rings. The molecule has 2 unspecified atom stereocenters. The van der Waals surface area contributed by atoms with Gasteiger partial charge in [-0.3, -0.25) is 14.5 Å². The van der Waals surface area contributed by atoms with Crippen LogP contribution in [0.25, 0.3) is 0 Å². The Morgan fingerprint density at radius 3 is 2.68 bits per heavy atom. The lowest BCUT2D eigenvalue weighted by Crippen LogP contribution is -2.51. The van der Waals surface area contributed by atoms with Crippen molar-refractivity contribution in [3.05, 3.63) is 64.7 Å². The summed E-state index contributed by atoms with van der Waals surface area (Å²) in [7, 11) is 0. The largest absolute Gasteiger partial charge is 0.508 e. The maximum Gasteiger partial charge on any atom is 0.237 e. The molecule has 1 heterocycles. The van der Waals surface area contributed by atoms with Crippen molar-refractivity contribution in [1.29, 1.82) is 0 Å². The molecule has 28 heavy (non-hydrogen) atoms. The van der Waals surface area contributed by atoms with Crippen LogP contribution in [0.15, 0.2) is 48.5 Å². The number of phenolic OH excluding ortho intramolecular Hbond substituents is 1. The van der Waals surface area contributed by atoms with Crippen LogP contribution in [-0.4, -0.2) is 40.4 Å². The molecule has 0 aliphatic carbocycles. The fourth-order valence-electron chi connectivity index (χ4n) is 3.71. The number of aromatic hydroxyl groups is 1. The van der Waals surface area contributed by atoms with E-state index in [-0.39, 0.29) is 24.1 Å². The lowest BCUT2D eigenvalue weighted by Gasteiger charge is -2.28. The number of rotatable bonds is 6. The Bertz CT molecular complexity index is 859. The average Bonchev–Trinajstić information content (AvgIpc) is 3.14. The monoisotopic (exact) mass is 401 g/mol. The summed E-state index contributed by atoms with van der Waals surface area (Å²) in [6.45, 7) is 2.48. The highest BCUT2D eigenvalue weighted by atomic mass is 35.5. The number of amides is 2. The van der Waals surface area contributed by atoms with E-state index in [1.54, 1.807) is 19.1 Å². The number of nitrogens with one attached hydrogen (secondary N) is 1. The molecule has 7 heteroatoms. The minimum Gasteiger partial charge on any atom is -0.508 e. The number of carbonyl (C=O) groups is 2. The van der Waals surface area contributed by atoms with Crippen molar-refractivity contribution in [2.75, 3.05) is 6.54 Å². The zero-order valence-electron chi connectivity index (χ0n) is 15.6. The first kappa shape index (κ1) is 20.2. The van der Waals surface area contributed by atoms with Gasteiger partial charge in [0.25, 0.3) is 0 Å². The van der Waals surface area contributed by atoms with E-state index in [4.69, 9.17) is 17.3 Å². The molecule has 0 spiro atoms. The second-order valence-electron chi connectivity index (χ2n) is 7.13. The Labute approximate surface area is 169 Å². The predicted molar refractivity (Wildman–Crippen MR) is 108 cm³/mol. The summed E-state index contributed by atoms with van der Waals surface area (Å²) in [6.07, 6.45) is 0.589. The Kier molecular flexibility index (Phi) is 6.21. The molecule has 0 radical (unpaired) electrons. The van der Waals surface area contributed by atoms with Crippen LogP contribution >= 0.6 is 11.6 Å². The first-order chi connectivity index (χ1) is 13.4. The van der Waals surface area contributed by atoms with Crippen molar-refractivity contribution in [3.8, 4) is 5.75 Å². The first-order valence-electron chi connectivity index (χ1n) is 9.22. The van der Waals surface area contributed by atoms with Gasteiger partial charge < -0.3 is 16.2 Å². The van der Waals surface area contributed by atoms with Crippen molar-refractivity contribution in [2.45, 2.75) is 37.9 Å². The van der Waals surface area contributed by atoms with Gasteiger partial charge in [-0.2, -0.15) is 0 Å². The minimum atomic E-state index is -0.535. The highest BCUT2D eigenvalue weighted by Gasteiger charge is 2.40. The lowest BCUT2D eigenvalue weighted by molar-refractivity contribution is -0.129. The minimum absolute atomic E-state index is 0.0673. The zero-order valence-corrected chi connectivity index (χ0v) is 16.4. The summed E-state index contributed by atoms with van der Waals surface area (Å²) in [5.41, 5.74) is 7.27. The number of nitrogens with zero attached hydrogens (tertiary/aromatic N) is 1. The Morgan fingerprint density at radius 1 is 1.29 bits per heavy atom. The van der Waals surface area contributed by atoms with Crippen LogP contribution in [0.5, 0.6) is 5.75 Å². The summed E-state index contributed by atoms with van der Waals surface area (Å²) >= 11 is 5.94. The van der Waals surface area contributed by atoms with Crippen molar-refractivity contribution >= 4 is 23.4 Å². The van der Waals surface area contributed by atoms with Crippen molar-refractivity contribution in [3.63, 3.8) is 0 Å². The number of hydrogen-bond acceptors (Lipinski definition) is 4. The highest BCUT2D eigenvalue weighted by molar-refractivity contribution is 6.30. The molecule has 0 aromatic heterocycles. The second kappa shape index (κ2) is 8.63. The Hall–Kier alpha value is -2.57. The molecule has 2 aromatic carbocycles. The van der Waals surface area contributed by atoms with Gasteiger partial charge in [0.1, 0.15) is 5.75 Å². The fourth-order valence-corrected chi connectivity index (χ4v) is 3.91. The third-order valence-electron chi connectivity index (χ3n) is 5.31. The smallest absolute Gasteiger partial charge is 0.237 e. The maximum absolute atomic E-state index is 12.7. The molecule has 3 rings (SSSR count). The molecular formula is C21H24ClN3O3. The third kappa shape index (κ3) is 4.46. The number of carbonyl (C=O) groups excluding carboxylic acids is 2. The van der Waals surface area contributed by atoms with E-state index in [0.29, 0.717) is 23.6 Å². The predicted octanol–water partition coefficient (Wildman–Crippen LogP) is 2.39. The number of likely N-dealkylation sites (tertiary alicyclic amines) is 1. The average molecular weight is 402 g/mol. The van der Waals surface area contributed by atoms with Crippen LogP contribution < -0.4 is 11.1 Å². The number of nitrogens with two attached hydrogens (primary N) is 1. The Morgan fingerprint density at radius 2 is 2.00 bits per heavy atom. The quantitative estimate of drug-likeness (QED) is 0.692. The highest BCUT2D eigenvalue weighted by Crippen LogP contribution is 2.33. The third-order valence-corrected chi connectivity index (χ3v) is 5.55. The molecule has 0 saturated carbocycles. The lowest BCUT2D eigenvalue weighted by atomic mass is 9.96. The molecule has 3 atom stereocenters. The molecule has 6 nitrogen and oxygen atoms in total. The molecule has 4 N–H and O–H groups in total. The number of hydrogen-bond donors (Lipinski definition) is 3. The normalized spacial score (nSPS) is 20.6. The number of phenols is 1. The number of benzene rings is 2. The molecule has 1 aliphatic heterocycles.